The molecule has 0 spiro atoms. The van der Waals surface area contributed by atoms with E-state index in [0.717, 1.165) is 5.56 Å². The van der Waals surface area contributed by atoms with Gasteiger partial charge in [0.2, 0.25) is 23.6 Å². The van der Waals surface area contributed by atoms with Gasteiger partial charge in [-0.25, -0.2) is 0 Å². The molecule has 1 atom stereocenters. The molecule has 1 aliphatic heterocycles. The molecule has 8 heteroatoms. The number of amides is 2. The summed E-state index contributed by atoms with van der Waals surface area (Å²) in [6.45, 7) is 0.995. The van der Waals surface area contributed by atoms with E-state index >= 15 is 0 Å². The third-order valence-corrected chi connectivity index (χ3v) is 4.41. The predicted octanol–water partition coefficient (Wildman–Crippen LogP) is 1.06. The molecular formula is C14H16N4O3S. The molecule has 0 bridgehead atoms. The smallest absolute Gasteiger partial charge is 0.248 e. The largest absolute Gasteiger partial charge is 0.421 e. The number of nitrogens with two attached hydrogens (primary N) is 1. The summed E-state index contributed by atoms with van der Waals surface area (Å²) in [4.78, 5) is 24.9. The Morgan fingerprint density at radius 1 is 1.45 bits per heavy atom. The third kappa shape index (κ3) is 3.16. The summed E-state index contributed by atoms with van der Waals surface area (Å²) in [6, 6.07) is 1.90. The number of likely N-dealkylation sites (tertiary alicyclic amines) is 1. The molecule has 0 radical (unpaired) electrons. The minimum atomic E-state index is -0.340. The van der Waals surface area contributed by atoms with Gasteiger partial charge in [-0.3, -0.25) is 9.59 Å². The molecule has 0 saturated carbocycles. The highest BCUT2D eigenvalue weighted by Gasteiger charge is 2.29. The first kappa shape index (κ1) is 14.7. The quantitative estimate of drug-likeness (QED) is 0.887. The van der Waals surface area contributed by atoms with Gasteiger partial charge in [0.05, 0.1) is 5.92 Å². The number of hydrogen-bond acceptors (Lipinski definition) is 6. The maximum atomic E-state index is 12.1. The van der Waals surface area contributed by atoms with Crippen LogP contribution in [0.5, 0.6) is 0 Å². The Hall–Kier alpha value is -2.22. The number of aromatic nitrogens is 2. The fourth-order valence-corrected chi connectivity index (χ4v) is 3.08. The van der Waals surface area contributed by atoms with Crippen LogP contribution in [0.3, 0.4) is 0 Å². The van der Waals surface area contributed by atoms with Crippen molar-refractivity contribution in [2.24, 2.45) is 11.7 Å². The fourth-order valence-electron chi connectivity index (χ4n) is 2.45. The fraction of sp³-hybridized carbons (Fsp3) is 0.429. The molecule has 2 amide bonds. The van der Waals surface area contributed by atoms with Gasteiger partial charge >= 0.3 is 0 Å². The topological polar surface area (TPSA) is 102 Å². The Balaban J connectivity index is 1.52. The number of nitrogens with zero attached hydrogens (tertiary/aromatic N) is 3. The lowest BCUT2D eigenvalue weighted by Gasteiger charge is -2.15. The van der Waals surface area contributed by atoms with Crippen molar-refractivity contribution < 1.29 is 14.0 Å². The highest BCUT2D eigenvalue weighted by Crippen LogP contribution is 2.21. The number of rotatable bonds is 5. The van der Waals surface area contributed by atoms with Crippen LogP contribution in [0.4, 0.5) is 0 Å². The van der Waals surface area contributed by atoms with E-state index < -0.39 is 0 Å². The number of carbonyl (C=O) groups is 2. The van der Waals surface area contributed by atoms with Gasteiger partial charge in [0.15, 0.2) is 0 Å². The number of aryl methyl sites for hydroxylation is 1. The lowest BCUT2D eigenvalue weighted by molar-refractivity contribution is -0.130. The second kappa shape index (κ2) is 6.27. The van der Waals surface area contributed by atoms with Gasteiger partial charge in [-0.05, 0) is 17.9 Å². The van der Waals surface area contributed by atoms with Crippen molar-refractivity contribution in [3.63, 3.8) is 0 Å². The van der Waals surface area contributed by atoms with Crippen LogP contribution in [-0.2, 0) is 16.0 Å². The first-order valence-corrected chi connectivity index (χ1v) is 8.00. The SMILES string of the molecule is NC(=O)C1CCN(C(=O)CCc2nnc(-c3ccsc3)o2)C1. The van der Waals surface area contributed by atoms with Crippen molar-refractivity contribution in [2.45, 2.75) is 19.3 Å². The molecule has 1 saturated heterocycles. The molecular weight excluding hydrogens is 304 g/mol. The first-order valence-electron chi connectivity index (χ1n) is 7.05. The van der Waals surface area contributed by atoms with E-state index in [1.54, 1.807) is 16.2 Å². The monoisotopic (exact) mass is 320 g/mol. The zero-order valence-electron chi connectivity index (χ0n) is 11.9. The van der Waals surface area contributed by atoms with Crippen LogP contribution in [0.15, 0.2) is 21.2 Å². The molecule has 3 heterocycles. The van der Waals surface area contributed by atoms with E-state index in [1.165, 1.54) is 0 Å². The van der Waals surface area contributed by atoms with Crippen molar-refractivity contribution in [1.82, 2.24) is 15.1 Å². The molecule has 2 N–H and O–H groups in total. The minimum absolute atomic E-state index is 0.0148. The molecule has 0 aromatic carbocycles. The molecule has 22 heavy (non-hydrogen) atoms. The molecule has 1 aliphatic rings. The van der Waals surface area contributed by atoms with E-state index in [0.29, 0.717) is 37.7 Å². The Kier molecular flexibility index (Phi) is 4.19. The standard InChI is InChI=1S/C14H16N4O3S/c15-13(20)9-3-5-18(7-9)12(19)2-1-11-16-17-14(21-11)10-4-6-22-8-10/h4,6,8-9H,1-3,5,7H2,(H2,15,20). The van der Waals surface area contributed by atoms with Gasteiger partial charge in [0.25, 0.3) is 0 Å². The summed E-state index contributed by atoms with van der Waals surface area (Å²) in [6.07, 6.45) is 1.33. The van der Waals surface area contributed by atoms with Gasteiger partial charge in [0, 0.05) is 36.9 Å². The second-order valence-corrected chi connectivity index (χ2v) is 6.02. The lowest BCUT2D eigenvalue weighted by atomic mass is 10.1. The molecule has 1 fully saturated rings. The maximum Gasteiger partial charge on any atom is 0.248 e. The zero-order valence-corrected chi connectivity index (χ0v) is 12.7. The first-order chi connectivity index (χ1) is 10.6. The molecule has 3 rings (SSSR count). The molecule has 0 aliphatic carbocycles. The third-order valence-electron chi connectivity index (χ3n) is 3.73. The summed E-state index contributed by atoms with van der Waals surface area (Å²) in [5.41, 5.74) is 6.15. The van der Waals surface area contributed by atoms with Crippen LogP contribution >= 0.6 is 11.3 Å². The summed E-state index contributed by atoms with van der Waals surface area (Å²) in [5, 5.41) is 11.8. The summed E-state index contributed by atoms with van der Waals surface area (Å²) in [7, 11) is 0. The zero-order chi connectivity index (χ0) is 15.5. The second-order valence-electron chi connectivity index (χ2n) is 5.24. The Morgan fingerprint density at radius 2 is 2.32 bits per heavy atom. The minimum Gasteiger partial charge on any atom is -0.421 e. The van der Waals surface area contributed by atoms with Crippen molar-refractivity contribution in [2.75, 3.05) is 13.1 Å². The van der Waals surface area contributed by atoms with Crippen LogP contribution < -0.4 is 5.73 Å². The number of hydrogen-bond donors (Lipinski definition) is 1. The Morgan fingerprint density at radius 3 is 3.00 bits per heavy atom. The normalized spacial score (nSPS) is 17.8. The predicted molar refractivity (Wildman–Crippen MR) is 79.8 cm³/mol. The highest BCUT2D eigenvalue weighted by atomic mass is 32.1. The number of primary amides is 1. The van der Waals surface area contributed by atoms with Gasteiger partial charge in [0.1, 0.15) is 0 Å². The highest BCUT2D eigenvalue weighted by molar-refractivity contribution is 7.08. The summed E-state index contributed by atoms with van der Waals surface area (Å²) >= 11 is 1.55. The molecule has 7 nitrogen and oxygen atoms in total. The summed E-state index contributed by atoms with van der Waals surface area (Å²) < 4.78 is 5.54. The van der Waals surface area contributed by atoms with Gasteiger partial charge < -0.3 is 15.1 Å². The van der Waals surface area contributed by atoms with E-state index in [4.69, 9.17) is 10.2 Å². The number of thiophene rings is 1. The molecule has 116 valence electrons. The maximum absolute atomic E-state index is 12.1. The van der Waals surface area contributed by atoms with Crippen LogP contribution in [0, 0.1) is 5.92 Å². The summed E-state index contributed by atoms with van der Waals surface area (Å²) in [5.74, 6) is 0.336. The molecule has 1 unspecified atom stereocenters. The van der Waals surface area contributed by atoms with Crippen molar-refractivity contribution in [3.05, 3.63) is 22.7 Å². The van der Waals surface area contributed by atoms with Gasteiger partial charge in [-0.15, -0.1) is 10.2 Å². The average molecular weight is 320 g/mol. The van der Waals surface area contributed by atoms with Crippen LogP contribution in [0.1, 0.15) is 18.7 Å². The van der Waals surface area contributed by atoms with Crippen LogP contribution in [0.2, 0.25) is 0 Å². The lowest BCUT2D eigenvalue weighted by Crippen LogP contribution is -2.31. The van der Waals surface area contributed by atoms with Gasteiger partial charge in [-0.2, -0.15) is 11.3 Å². The average Bonchev–Trinajstić information content (AvgIpc) is 3.23. The van der Waals surface area contributed by atoms with Gasteiger partial charge in [-0.1, -0.05) is 0 Å². The van der Waals surface area contributed by atoms with Crippen molar-refractivity contribution in [3.8, 4) is 11.5 Å². The van der Waals surface area contributed by atoms with Crippen molar-refractivity contribution in [1.29, 1.82) is 0 Å². The Labute approximate surface area is 131 Å². The van der Waals surface area contributed by atoms with E-state index in [1.807, 2.05) is 16.8 Å². The van der Waals surface area contributed by atoms with Crippen LogP contribution in [-0.4, -0.2) is 40.0 Å². The molecule has 2 aromatic heterocycles. The van der Waals surface area contributed by atoms with E-state index in [-0.39, 0.29) is 24.2 Å². The van der Waals surface area contributed by atoms with Crippen molar-refractivity contribution >= 4 is 23.2 Å². The number of carbonyl (C=O) groups excluding carboxylic acids is 2. The Bertz CT molecular complexity index is 667. The van der Waals surface area contributed by atoms with E-state index in [2.05, 4.69) is 10.2 Å². The molecule has 2 aromatic rings. The van der Waals surface area contributed by atoms with E-state index in [9.17, 15) is 9.59 Å². The van der Waals surface area contributed by atoms with Crippen LogP contribution in [0.25, 0.3) is 11.5 Å².